The number of nitrogens with zero attached hydrogens (tertiary/aromatic N) is 1. The van der Waals surface area contributed by atoms with Gasteiger partial charge in [-0.15, -0.1) is 0 Å². The number of carbonyl (C=O) groups excluding carboxylic acids is 1. The number of hydrogen-bond donors (Lipinski definition) is 1. The highest BCUT2D eigenvalue weighted by molar-refractivity contribution is 6.07. The number of aromatic nitrogens is 1. The summed E-state index contributed by atoms with van der Waals surface area (Å²) < 4.78 is 16.5. The van der Waals surface area contributed by atoms with E-state index < -0.39 is 0 Å². The van der Waals surface area contributed by atoms with E-state index in [1.54, 1.807) is 44.6 Å². The van der Waals surface area contributed by atoms with Crippen molar-refractivity contribution < 1.29 is 19.0 Å². The summed E-state index contributed by atoms with van der Waals surface area (Å²) in [5.41, 5.74) is 3.59. The fraction of sp³-hybridized carbons (Fsp3) is 0.154. The Morgan fingerprint density at radius 2 is 1.72 bits per heavy atom. The highest BCUT2D eigenvalue weighted by Gasteiger charge is 2.15. The smallest absolute Gasteiger partial charge is 0.255 e. The molecule has 0 spiro atoms. The lowest BCUT2D eigenvalue weighted by Gasteiger charge is -2.13. The van der Waals surface area contributed by atoms with E-state index in [1.165, 1.54) is 0 Å². The molecule has 0 aliphatic rings. The standard InChI is InChI=1S/C26H24N2O4/c1-4-32-25-16-22(17-8-6-5-7-9-17)27-21-12-10-18(14-20(21)25)26(29)28-23-15-19(30-2)11-13-24(23)31-3/h5-16H,4H2,1-3H3,(H,28,29). The Kier molecular flexibility index (Phi) is 6.22. The highest BCUT2D eigenvalue weighted by Crippen LogP contribution is 2.32. The highest BCUT2D eigenvalue weighted by atomic mass is 16.5. The van der Waals surface area contributed by atoms with Crippen molar-refractivity contribution in [2.24, 2.45) is 0 Å². The van der Waals surface area contributed by atoms with Crippen molar-refractivity contribution in [3.63, 3.8) is 0 Å². The maximum absolute atomic E-state index is 13.0. The van der Waals surface area contributed by atoms with E-state index in [-0.39, 0.29) is 5.91 Å². The lowest BCUT2D eigenvalue weighted by Crippen LogP contribution is -2.13. The topological polar surface area (TPSA) is 69.7 Å². The molecule has 1 amide bonds. The maximum atomic E-state index is 13.0. The quantitative estimate of drug-likeness (QED) is 0.417. The summed E-state index contributed by atoms with van der Waals surface area (Å²) in [6.07, 6.45) is 0. The predicted molar refractivity (Wildman–Crippen MR) is 126 cm³/mol. The summed E-state index contributed by atoms with van der Waals surface area (Å²) in [5, 5.41) is 3.68. The van der Waals surface area contributed by atoms with E-state index in [0.29, 0.717) is 35.1 Å². The zero-order valence-corrected chi connectivity index (χ0v) is 18.2. The first-order chi connectivity index (χ1) is 15.6. The summed E-state index contributed by atoms with van der Waals surface area (Å²) >= 11 is 0. The molecule has 0 atom stereocenters. The minimum Gasteiger partial charge on any atom is -0.497 e. The molecule has 6 heteroatoms. The van der Waals surface area contributed by atoms with Crippen LogP contribution in [-0.4, -0.2) is 31.7 Å². The van der Waals surface area contributed by atoms with Gasteiger partial charge in [0.1, 0.15) is 17.2 Å². The van der Waals surface area contributed by atoms with Crippen LogP contribution in [0, 0.1) is 0 Å². The minimum atomic E-state index is -0.270. The van der Waals surface area contributed by atoms with Crippen LogP contribution in [0.2, 0.25) is 0 Å². The van der Waals surface area contributed by atoms with E-state index in [0.717, 1.165) is 22.2 Å². The number of carbonyl (C=O) groups is 1. The van der Waals surface area contributed by atoms with Crippen LogP contribution in [0.5, 0.6) is 17.2 Å². The maximum Gasteiger partial charge on any atom is 0.255 e. The Hall–Kier alpha value is -4.06. The first-order valence-corrected chi connectivity index (χ1v) is 10.3. The molecule has 1 aromatic heterocycles. The third kappa shape index (κ3) is 4.34. The molecular weight excluding hydrogens is 404 g/mol. The number of nitrogens with one attached hydrogen (secondary N) is 1. The zero-order valence-electron chi connectivity index (χ0n) is 18.2. The van der Waals surface area contributed by atoms with Crippen LogP contribution in [0.3, 0.4) is 0 Å². The molecule has 0 aliphatic heterocycles. The van der Waals surface area contributed by atoms with Crippen LogP contribution >= 0.6 is 0 Å². The molecule has 162 valence electrons. The third-order valence-corrected chi connectivity index (χ3v) is 5.06. The van der Waals surface area contributed by atoms with Crippen molar-refractivity contribution >= 4 is 22.5 Å². The monoisotopic (exact) mass is 428 g/mol. The lowest BCUT2D eigenvalue weighted by atomic mass is 10.1. The van der Waals surface area contributed by atoms with Crippen LogP contribution in [0.4, 0.5) is 5.69 Å². The second kappa shape index (κ2) is 9.39. The van der Waals surface area contributed by atoms with Gasteiger partial charge in [0.15, 0.2) is 0 Å². The predicted octanol–water partition coefficient (Wildman–Crippen LogP) is 5.57. The summed E-state index contributed by atoms with van der Waals surface area (Å²) in [6.45, 7) is 2.44. The second-order valence-corrected chi connectivity index (χ2v) is 7.06. The van der Waals surface area contributed by atoms with Crippen molar-refractivity contribution in [3.05, 3.63) is 78.4 Å². The second-order valence-electron chi connectivity index (χ2n) is 7.06. The van der Waals surface area contributed by atoms with Gasteiger partial charge in [-0.25, -0.2) is 4.98 Å². The van der Waals surface area contributed by atoms with E-state index in [9.17, 15) is 4.79 Å². The average Bonchev–Trinajstić information content (AvgIpc) is 2.84. The molecule has 0 saturated carbocycles. The summed E-state index contributed by atoms with van der Waals surface area (Å²) in [4.78, 5) is 17.8. The van der Waals surface area contributed by atoms with Crippen molar-refractivity contribution in [2.45, 2.75) is 6.92 Å². The summed E-state index contributed by atoms with van der Waals surface area (Å²) in [6, 6.07) is 22.5. The normalized spacial score (nSPS) is 10.6. The van der Waals surface area contributed by atoms with Crippen LogP contribution in [0.25, 0.3) is 22.2 Å². The first-order valence-electron chi connectivity index (χ1n) is 10.3. The Labute approximate surface area is 186 Å². The first kappa shape index (κ1) is 21.2. The molecule has 3 aromatic carbocycles. The number of ether oxygens (including phenoxy) is 3. The number of benzene rings is 3. The van der Waals surface area contributed by atoms with Gasteiger partial charge in [0.25, 0.3) is 5.91 Å². The zero-order chi connectivity index (χ0) is 22.5. The fourth-order valence-corrected chi connectivity index (χ4v) is 3.47. The van der Waals surface area contributed by atoms with Crippen LogP contribution < -0.4 is 19.5 Å². The number of anilines is 1. The van der Waals surface area contributed by atoms with E-state index in [4.69, 9.17) is 19.2 Å². The van der Waals surface area contributed by atoms with Gasteiger partial charge >= 0.3 is 0 Å². The molecule has 0 radical (unpaired) electrons. The van der Waals surface area contributed by atoms with E-state index >= 15 is 0 Å². The third-order valence-electron chi connectivity index (χ3n) is 5.06. The van der Waals surface area contributed by atoms with E-state index in [2.05, 4.69) is 5.32 Å². The van der Waals surface area contributed by atoms with Crippen molar-refractivity contribution in [3.8, 4) is 28.5 Å². The molecule has 32 heavy (non-hydrogen) atoms. The number of methoxy groups -OCH3 is 2. The molecule has 0 aliphatic carbocycles. The Morgan fingerprint density at radius 3 is 2.44 bits per heavy atom. The SMILES string of the molecule is CCOc1cc(-c2ccccc2)nc2ccc(C(=O)Nc3cc(OC)ccc3OC)cc12. The Morgan fingerprint density at radius 1 is 0.906 bits per heavy atom. The number of fused-ring (bicyclic) bond motifs is 1. The van der Waals surface area contributed by atoms with Crippen molar-refractivity contribution in [1.29, 1.82) is 0 Å². The van der Waals surface area contributed by atoms with Crippen LogP contribution in [-0.2, 0) is 0 Å². The molecule has 1 heterocycles. The van der Waals surface area contributed by atoms with Crippen LogP contribution in [0.1, 0.15) is 17.3 Å². The molecule has 0 unspecified atom stereocenters. The summed E-state index contributed by atoms with van der Waals surface area (Å²) in [7, 11) is 3.13. The molecule has 4 aromatic rings. The van der Waals surface area contributed by atoms with Crippen LogP contribution in [0.15, 0.2) is 72.8 Å². The fourth-order valence-electron chi connectivity index (χ4n) is 3.47. The van der Waals surface area contributed by atoms with Gasteiger partial charge in [-0.05, 0) is 37.3 Å². The lowest BCUT2D eigenvalue weighted by molar-refractivity contribution is 0.102. The number of pyridine rings is 1. The summed E-state index contributed by atoms with van der Waals surface area (Å²) in [5.74, 6) is 1.58. The Balaban J connectivity index is 1.71. The van der Waals surface area contributed by atoms with Crippen molar-refractivity contribution in [2.75, 3.05) is 26.1 Å². The number of amides is 1. The minimum absolute atomic E-state index is 0.270. The van der Waals surface area contributed by atoms with Gasteiger partial charge in [-0.2, -0.15) is 0 Å². The van der Waals surface area contributed by atoms with Gasteiger partial charge in [0.05, 0.1) is 37.7 Å². The number of rotatable bonds is 7. The molecule has 4 rings (SSSR count). The van der Waals surface area contributed by atoms with E-state index in [1.807, 2.05) is 49.4 Å². The van der Waals surface area contributed by atoms with Gasteiger partial charge < -0.3 is 19.5 Å². The molecule has 1 N–H and O–H groups in total. The Bertz CT molecular complexity index is 1260. The molecule has 0 fully saturated rings. The van der Waals surface area contributed by atoms with Gasteiger partial charge in [0.2, 0.25) is 0 Å². The van der Waals surface area contributed by atoms with Crippen molar-refractivity contribution in [1.82, 2.24) is 4.98 Å². The average molecular weight is 428 g/mol. The van der Waals surface area contributed by atoms with Gasteiger partial charge in [-0.1, -0.05) is 30.3 Å². The van der Waals surface area contributed by atoms with Gasteiger partial charge in [-0.3, -0.25) is 4.79 Å². The number of hydrogen-bond acceptors (Lipinski definition) is 5. The molecule has 6 nitrogen and oxygen atoms in total. The molecule has 0 bridgehead atoms. The molecular formula is C26H24N2O4. The molecule has 0 saturated heterocycles. The largest absolute Gasteiger partial charge is 0.497 e. The van der Waals surface area contributed by atoms with Gasteiger partial charge in [0, 0.05) is 28.6 Å².